The van der Waals surface area contributed by atoms with Gasteiger partial charge in [0.2, 0.25) is 0 Å². The highest BCUT2D eigenvalue weighted by molar-refractivity contribution is 5.48. The van der Waals surface area contributed by atoms with E-state index in [0.29, 0.717) is 18.2 Å². The molecule has 2 aromatic heterocycles. The standard InChI is InChI=1S/C21H21F4N5O2/c1-14(2)32-9-3-4-15-5-8-19(26-11-15)21(24,25)20(31,12-30-13-27-28-29-30)17-7-6-16(22)10-18(17)23/h3-8,10-11,13-14,31H,9,12H2,1-2H3. The Morgan fingerprint density at radius 3 is 2.56 bits per heavy atom. The lowest BCUT2D eigenvalue weighted by Crippen LogP contribution is -2.48. The van der Waals surface area contributed by atoms with Crippen LogP contribution in [0.25, 0.3) is 6.08 Å². The Morgan fingerprint density at radius 1 is 1.19 bits per heavy atom. The largest absolute Gasteiger partial charge is 0.377 e. The molecule has 0 radical (unpaired) electrons. The Kier molecular flexibility index (Phi) is 6.99. The normalized spacial score (nSPS) is 14.2. The first kappa shape index (κ1) is 23.5. The Hall–Kier alpha value is -3.18. The fourth-order valence-electron chi connectivity index (χ4n) is 3.00. The number of halogens is 4. The predicted octanol–water partition coefficient (Wildman–Crippen LogP) is 3.46. The van der Waals surface area contributed by atoms with Gasteiger partial charge < -0.3 is 9.84 Å². The molecule has 32 heavy (non-hydrogen) atoms. The molecule has 0 saturated carbocycles. The first-order valence-electron chi connectivity index (χ1n) is 9.64. The number of alkyl halides is 2. The van der Waals surface area contributed by atoms with Crippen LogP contribution >= 0.6 is 0 Å². The van der Waals surface area contributed by atoms with E-state index in [0.717, 1.165) is 29.2 Å². The van der Waals surface area contributed by atoms with Gasteiger partial charge in [-0.15, -0.1) is 5.10 Å². The van der Waals surface area contributed by atoms with Gasteiger partial charge in [0.15, 0.2) is 5.60 Å². The van der Waals surface area contributed by atoms with Crippen molar-refractivity contribution in [3.05, 3.63) is 77.4 Å². The van der Waals surface area contributed by atoms with Gasteiger partial charge in [0, 0.05) is 17.8 Å². The highest BCUT2D eigenvalue weighted by Crippen LogP contribution is 2.46. The highest BCUT2D eigenvalue weighted by atomic mass is 19.3. The molecule has 11 heteroatoms. The molecule has 1 unspecified atom stereocenters. The van der Waals surface area contributed by atoms with Crippen molar-refractivity contribution >= 4 is 6.08 Å². The van der Waals surface area contributed by atoms with Gasteiger partial charge in [-0.25, -0.2) is 13.5 Å². The zero-order valence-corrected chi connectivity index (χ0v) is 17.3. The molecule has 170 valence electrons. The molecule has 1 N–H and O–H groups in total. The zero-order chi connectivity index (χ0) is 23.4. The molecule has 0 saturated heterocycles. The van der Waals surface area contributed by atoms with Crippen LogP contribution in [-0.2, 0) is 22.8 Å². The predicted molar refractivity (Wildman–Crippen MR) is 106 cm³/mol. The van der Waals surface area contributed by atoms with Crippen molar-refractivity contribution in [2.75, 3.05) is 6.61 Å². The number of aliphatic hydroxyl groups is 1. The van der Waals surface area contributed by atoms with Gasteiger partial charge in [-0.2, -0.15) is 8.78 Å². The molecule has 1 aromatic carbocycles. The maximum atomic E-state index is 15.6. The van der Waals surface area contributed by atoms with Crippen molar-refractivity contribution in [2.45, 2.75) is 38.0 Å². The number of ether oxygens (including phenoxy) is 1. The van der Waals surface area contributed by atoms with Gasteiger partial charge >= 0.3 is 5.92 Å². The minimum absolute atomic E-state index is 0.0450. The summed E-state index contributed by atoms with van der Waals surface area (Å²) in [6.07, 6.45) is 5.57. The third-order valence-electron chi connectivity index (χ3n) is 4.62. The van der Waals surface area contributed by atoms with Crippen molar-refractivity contribution in [3.8, 4) is 0 Å². The summed E-state index contributed by atoms with van der Waals surface area (Å²) in [5.41, 5.74) is -4.28. The summed E-state index contributed by atoms with van der Waals surface area (Å²) in [7, 11) is 0. The SMILES string of the molecule is CC(C)OCC=Cc1ccc(C(F)(F)C(O)(Cn2cnnn2)c2ccc(F)cc2F)nc1. The van der Waals surface area contributed by atoms with Crippen molar-refractivity contribution in [2.24, 2.45) is 0 Å². The zero-order valence-electron chi connectivity index (χ0n) is 17.3. The van der Waals surface area contributed by atoms with Gasteiger partial charge in [0.05, 0.1) is 19.3 Å². The minimum atomic E-state index is -4.10. The number of hydrogen-bond donors (Lipinski definition) is 1. The fraction of sp³-hybridized carbons (Fsp3) is 0.333. The summed E-state index contributed by atoms with van der Waals surface area (Å²) in [4.78, 5) is 3.77. The van der Waals surface area contributed by atoms with E-state index in [9.17, 15) is 13.9 Å². The van der Waals surface area contributed by atoms with Crippen LogP contribution in [-0.4, -0.2) is 43.0 Å². The average Bonchev–Trinajstić information content (AvgIpc) is 3.24. The van der Waals surface area contributed by atoms with Crippen LogP contribution in [0.1, 0.15) is 30.7 Å². The molecule has 0 fully saturated rings. The second kappa shape index (κ2) is 9.53. The molecule has 0 aliphatic carbocycles. The number of hydrogen-bond acceptors (Lipinski definition) is 6. The molecule has 2 heterocycles. The van der Waals surface area contributed by atoms with Gasteiger partial charge in [-0.05, 0) is 48.0 Å². The molecule has 0 bridgehead atoms. The summed E-state index contributed by atoms with van der Waals surface area (Å²) in [5, 5.41) is 21.3. The van der Waals surface area contributed by atoms with Crippen molar-refractivity contribution in [1.82, 2.24) is 25.2 Å². The average molecular weight is 451 g/mol. The number of rotatable bonds is 9. The Bertz CT molecular complexity index is 1060. The summed E-state index contributed by atoms with van der Waals surface area (Å²) >= 11 is 0. The molecule has 0 aliphatic rings. The van der Waals surface area contributed by atoms with Crippen molar-refractivity contribution in [1.29, 1.82) is 0 Å². The first-order chi connectivity index (χ1) is 15.1. The molecular formula is C21H21F4N5O2. The minimum Gasteiger partial charge on any atom is -0.377 e. The quantitative estimate of drug-likeness (QED) is 0.502. The van der Waals surface area contributed by atoms with Gasteiger partial charge in [-0.1, -0.05) is 18.2 Å². The van der Waals surface area contributed by atoms with Crippen molar-refractivity contribution < 1.29 is 27.4 Å². The summed E-state index contributed by atoms with van der Waals surface area (Å²) in [6, 6.07) is 4.35. The van der Waals surface area contributed by atoms with Crippen LogP contribution in [0.5, 0.6) is 0 Å². The Labute approximate surface area is 181 Å². The third-order valence-corrected chi connectivity index (χ3v) is 4.62. The van der Waals surface area contributed by atoms with E-state index in [2.05, 4.69) is 20.5 Å². The van der Waals surface area contributed by atoms with Crippen LogP contribution in [0.3, 0.4) is 0 Å². The summed E-state index contributed by atoms with van der Waals surface area (Å²) in [5.74, 6) is -6.42. The maximum absolute atomic E-state index is 15.6. The van der Waals surface area contributed by atoms with Crippen molar-refractivity contribution in [3.63, 3.8) is 0 Å². The lowest BCUT2D eigenvalue weighted by atomic mass is 9.84. The van der Waals surface area contributed by atoms with Crippen LogP contribution in [0, 0.1) is 11.6 Å². The van der Waals surface area contributed by atoms with Gasteiger partial charge in [0.1, 0.15) is 23.7 Å². The lowest BCUT2D eigenvalue weighted by Gasteiger charge is -2.35. The van der Waals surface area contributed by atoms with Gasteiger partial charge in [0.25, 0.3) is 0 Å². The molecule has 0 aliphatic heterocycles. The van der Waals surface area contributed by atoms with E-state index in [4.69, 9.17) is 4.74 Å². The van der Waals surface area contributed by atoms with Gasteiger partial charge in [-0.3, -0.25) is 4.98 Å². The van der Waals surface area contributed by atoms with Crippen LogP contribution in [0.4, 0.5) is 17.6 Å². The Balaban J connectivity index is 1.96. The number of nitrogens with zero attached hydrogens (tertiary/aromatic N) is 5. The van der Waals surface area contributed by atoms with Crippen LogP contribution < -0.4 is 0 Å². The first-order valence-corrected chi connectivity index (χ1v) is 9.64. The molecule has 7 nitrogen and oxygen atoms in total. The van der Waals surface area contributed by atoms with Crippen LogP contribution in [0.2, 0.25) is 0 Å². The van der Waals surface area contributed by atoms with E-state index < -0.39 is 41.0 Å². The Morgan fingerprint density at radius 2 is 1.97 bits per heavy atom. The molecule has 3 aromatic rings. The monoisotopic (exact) mass is 451 g/mol. The number of benzene rings is 1. The summed E-state index contributed by atoms with van der Waals surface area (Å²) in [6.45, 7) is 3.19. The number of aromatic nitrogens is 5. The smallest absolute Gasteiger partial charge is 0.323 e. The second-order valence-corrected chi connectivity index (χ2v) is 7.33. The molecular weight excluding hydrogens is 430 g/mol. The van der Waals surface area contributed by atoms with E-state index in [-0.39, 0.29) is 6.10 Å². The molecule has 0 spiro atoms. The number of tetrazole rings is 1. The topological polar surface area (TPSA) is 86.0 Å². The fourth-order valence-corrected chi connectivity index (χ4v) is 3.00. The maximum Gasteiger partial charge on any atom is 0.323 e. The number of pyridine rings is 1. The molecule has 0 amide bonds. The van der Waals surface area contributed by atoms with E-state index >= 15 is 8.78 Å². The summed E-state index contributed by atoms with van der Waals surface area (Å²) < 4.78 is 65.2. The van der Waals surface area contributed by atoms with E-state index in [1.54, 1.807) is 12.2 Å². The third kappa shape index (κ3) is 5.00. The van der Waals surface area contributed by atoms with Crippen LogP contribution in [0.15, 0.2) is 48.9 Å². The van der Waals surface area contributed by atoms with E-state index in [1.807, 2.05) is 13.8 Å². The lowest BCUT2D eigenvalue weighted by molar-refractivity contribution is -0.207. The molecule has 1 atom stereocenters. The van der Waals surface area contributed by atoms with E-state index in [1.165, 1.54) is 12.3 Å². The highest BCUT2D eigenvalue weighted by Gasteiger charge is 2.57. The molecule has 3 rings (SSSR count). The second-order valence-electron chi connectivity index (χ2n) is 7.33.